The van der Waals surface area contributed by atoms with Crippen molar-refractivity contribution in [1.82, 2.24) is 14.7 Å². The highest BCUT2D eigenvalue weighted by Gasteiger charge is 2.18. The van der Waals surface area contributed by atoms with Crippen LogP contribution in [-0.2, 0) is 0 Å². The SMILES string of the molecule is O=C(NC1CCCCCC1)c1cnc2ccccn2c1=O. The van der Waals surface area contributed by atoms with Gasteiger partial charge in [-0.1, -0.05) is 31.7 Å². The van der Waals surface area contributed by atoms with Gasteiger partial charge in [-0.3, -0.25) is 14.0 Å². The van der Waals surface area contributed by atoms with Gasteiger partial charge in [0.15, 0.2) is 0 Å². The van der Waals surface area contributed by atoms with Crippen LogP contribution in [0.4, 0.5) is 0 Å². The average molecular weight is 285 g/mol. The highest BCUT2D eigenvalue weighted by molar-refractivity contribution is 5.93. The molecule has 2 aromatic rings. The fourth-order valence-corrected chi connectivity index (χ4v) is 2.87. The van der Waals surface area contributed by atoms with Crippen molar-refractivity contribution in [3.8, 4) is 0 Å². The summed E-state index contributed by atoms with van der Waals surface area (Å²) in [5, 5.41) is 2.99. The smallest absolute Gasteiger partial charge is 0.270 e. The third-order valence-electron chi connectivity index (χ3n) is 4.05. The van der Waals surface area contributed by atoms with E-state index in [0.29, 0.717) is 5.65 Å². The summed E-state index contributed by atoms with van der Waals surface area (Å²) in [5.74, 6) is -0.308. The molecule has 110 valence electrons. The van der Waals surface area contributed by atoms with E-state index in [9.17, 15) is 9.59 Å². The molecule has 1 N–H and O–H groups in total. The number of fused-ring (bicyclic) bond motifs is 1. The van der Waals surface area contributed by atoms with Crippen molar-refractivity contribution < 1.29 is 4.79 Å². The number of hydrogen-bond acceptors (Lipinski definition) is 3. The summed E-state index contributed by atoms with van der Waals surface area (Å²) < 4.78 is 1.40. The number of pyridine rings is 1. The molecule has 0 atom stereocenters. The van der Waals surface area contributed by atoms with E-state index in [1.807, 2.05) is 6.07 Å². The van der Waals surface area contributed by atoms with Crippen molar-refractivity contribution in [2.24, 2.45) is 0 Å². The van der Waals surface area contributed by atoms with Crippen molar-refractivity contribution in [3.05, 3.63) is 46.5 Å². The number of nitrogens with one attached hydrogen (secondary N) is 1. The lowest BCUT2D eigenvalue weighted by atomic mass is 10.1. The molecule has 0 radical (unpaired) electrons. The number of carbonyl (C=O) groups excluding carboxylic acids is 1. The first-order chi connectivity index (χ1) is 10.3. The van der Waals surface area contributed by atoms with Gasteiger partial charge in [-0.05, 0) is 25.0 Å². The van der Waals surface area contributed by atoms with Gasteiger partial charge in [0.1, 0.15) is 11.2 Å². The molecule has 0 saturated heterocycles. The summed E-state index contributed by atoms with van der Waals surface area (Å²) in [6, 6.07) is 5.49. The van der Waals surface area contributed by atoms with E-state index < -0.39 is 0 Å². The van der Waals surface area contributed by atoms with E-state index in [1.165, 1.54) is 23.4 Å². The Labute approximate surface area is 123 Å². The molecule has 0 bridgehead atoms. The van der Waals surface area contributed by atoms with Crippen LogP contribution in [0.15, 0.2) is 35.4 Å². The summed E-state index contributed by atoms with van der Waals surface area (Å²) in [7, 11) is 0. The van der Waals surface area contributed by atoms with Crippen molar-refractivity contribution in [2.45, 2.75) is 44.6 Å². The third kappa shape index (κ3) is 2.96. The summed E-state index contributed by atoms with van der Waals surface area (Å²) in [6.45, 7) is 0. The molecule has 0 aromatic carbocycles. The van der Waals surface area contributed by atoms with Crippen LogP contribution >= 0.6 is 0 Å². The minimum atomic E-state index is -0.313. The van der Waals surface area contributed by atoms with Crippen LogP contribution < -0.4 is 10.9 Å². The minimum absolute atomic E-state index is 0.114. The van der Waals surface area contributed by atoms with Crippen molar-refractivity contribution >= 4 is 11.6 Å². The number of rotatable bonds is 2. The molecule has 3 rings (SSSR count). The molecular formula is C16H19N3O2. The first-order valence-corrected chi connectivity index (χ1v) is 7.53. The van der Waals surface area contributed by atoms with E-state index in [4.69, 9.17) is 0 Å². The molecule has 1 amide bonds. The Hall–Kier alpha value is -2.17. The van der Waals surface area contributed by atoms with Gasteiger partial charge in [0.25, 0.3) is 11.5 Å². The zero-order chi connectivity index (χ0) is 14.7. The lowest BCUT2D eigenvalue weighted by Crippen LogP contribution is -2.38. The number of aromatic nitrogens is 2. The van der Waals surface area contributed by atoms with E-state index in [1.54, 1.807) is 18.3 Å². The number of amides is 1. The molecule has 21 heavy (non-hydrogen) atoms. The zero-order valence-corrected chi connectivity index (χ0v) is 11.9. The number of nitrogens with zero attached hydrogens (tertiary/aromatic N) is 2. The Morgan fingerprint density at radius 1 is 1.19 bits per heavy atom. The maximum Gasteiger partial charge on any atom is 0.270 e. The monoisotopic (exact) mass is 285 g/mol. The molecule has 5 nitrogen and oxygen atoms in total. The first-order valence-electron chi connectivity index (χ1n) is 7.53. The fourth-order valence-electron chi connectivity index (χ4n) is 2.87. The maximum absolute atomic E-state index is 12.3. The van der Waals surface area contributed by atoms with E-state index >= 15 is 0 Å². The fraction of sp³-hybridized carbons (Fsp3) is 0.438. The van der Waals surface area contributed by atoms with Crippen LogP contribution in [0.25, 0.3) is 5.65 Å². The molecule has 1 fully saturated rings. The second kappa shape index (κ2) is 6.08. The van der Waals surface area contributed by atoms with E-state index in [0.717, 1.165) is 25.7 Å². The molecule has 5 heteroatoms. The lowest BCUT2D eigenvalue weighted by Gasteiger charge is -2.15. The molecule has 1 aliphatic carbocycles. The number of carbonyl (C=O) groups is 1. The van der Waals surface area contributed by atoms with Gasteiger partial charge in [0, 0.05) is 18.4 Å². The molecule has 0 spiro atoms. The normalized spacial score (nSPS) is 16.6. The Morgan fingerprint density at radius 2 is 1.95 bits per heavy atom. The van der Waals surface area contributed by atoms with E-state index in [2.05, 4.69) is 10.3 Å². The minimum Gasteiger partial charge on any atom is -0.349 e. The molecule has 2 heterocycles. The van der Waals surface area contributed by atoms with Gasteiger partial charge in [0.05, 0.1) is 0 Å². The second-order valence-corrected chi connectivity index (χ2v) is 5.57. The Kier molecular flexibility index (Phi) is 3.99. The van der Waals surface area contributed by atoms with Crippen LogP contribution in [0.5, 0.6) is 0 Å². The van der Waals surface area contributed by atoms with Gasteiger partial charge < -0.3 is 5.32 Å². The average Bonchev–Trinajstić information content (AvgIpc) is 2.76. The summed E-state index contributed by atoms with van der Waals surface area (Å²) in [5.41, 5.74) is 0.350. The maximum atomic E-state index is 12.3. The summed E-state index contributed by atoms with van der Waals surface area (Å²) in [4.78, 5) is 28.8. The summed E-state index contributed by atoms with van der Waals surface area (Å²) >= 11 is 0. The Bertz CT molecular complexity index is 700. The van der Waals surface area contributed by atoms with Crippen LogP contribution in [0.3, 0.4) is 0 Å². The van der Waals surface area contributed by atoms with Crippen LogP contribution in [0, 0.1) is 0 Å². The summed E-state index contributed by atoms with van der Waals surface area (Å²) in [6.07, 6.45) is 9.73. The van der Waals surface area contributed by atoms with Gasteiger partial charge in [-0.15, -0.1) is 0 Å². The zero-order valence-electron chi connectivity index (χ0n) is 11.9. The Morgan fingerprint density at radius 3 is 2.71 bits per heavy atom. The second-order valence-electron chi connectivity index (χ2n) is 5.57. The Balaban J connectivity index is 1.84. The predicted molar refractivity (Wildman–Crippen MR) is 80.4 cm³/mol. The highest BCUT2D eigenvalue weighted by atomic mass is 16.2. The van der Waals surface area contributed by atoms with Crippen molar-refractivity contribution in [1.29, 1.82) is 0 Å². The van der Waals surface area contributed by atoms with Crippen molar-refractivity contribution in [3.63, 3.8) is 0 Å². The molecular weight excluding hydrogens is 266 g/mol. The van der Waals surface area contributed by atoms with Crippen LogP contribution in [0.1, 0.15) is 48.9 Å². The van der Waals surface area contributed by atoms with Gasteiger partial charge in [-0.2, -0.15) is 0 Å². The highest BCUT2D eigenvalue weighted by Crippen LogP contribution is 2.17. The quantitative estimate of drug-likeness (QED) is 0.860. The van der Waals surface area contributed by atoms with E-state index in [-0.39, 0.29) is 23.1 Å². The lowest BCUT2D eigenvalue weighted by molar-refractivity contribution is 0.0931. The van der Waals surface area contributed by atoms with Crippen molar-refractivity contribution in [2.75, 3.05) is 0 Å². The largest absolute Gasteiger partial charge is 0.349 e. The molecule has 1 saturated carbocycles. The molecule has 1 aliphatic rings. The van der Waals surface area contributed by atoms with Gasteiger partial charge in [0.2, 0.25) is 0 Å². The van der Waals surface area contributed by atoms with Crippen LogP contribution in [0.2, 0.25) is 0 Å². The van der Waals surface area contributed by atoms with Crippen LogP contribution in [-0.4, -0.2) is 21.3 Å². The topological polar surface area (TPSA) is 63.5 Å². The molecule has 0 aliphatic heterocycles. The third-order valence-corrected chi connectivity index (χ3v) is 4.05. The number of hydrogen-bond donors (Lipinski definition) is 1. The first kappa shape index (κ1) is 13.8. The van der Waals surface area contributed by atoms with Gasteiger partial charge >= 0.3 is 0 Å². The predicted octanol–water partition coefficient (Wildman–Crippen LogP) is 2.15. The molecule has 2 aromatic heterocycles. The van der Waals surface area contributed by atoms with Gasteiger partial charge in [-0.25, -0.2) is 4.98 Å². The standard InChI is InChI=1S/C16H19N3O2/c20-15(18-12-7-3-1-2-4-8-12)13-11-17-14-9-5-6-10-19(14)16(13)21/h5-6,9-12H,1-4,7-8H2,(H,18,20). The molecule has 0 unspecified atom stereocenters.